The van der Waals surface area contributed by atoms with Crippen molar-refractivity contribution in [1.82, 2.24) is 4.90 Å². The van der Waals surface area contributed by atoms with E-state index in [0.29, 0.717) is 37.2 Å². The molecule has 2 aliphatic rings. The van der Waals surface area contributed by atoms with E-state index in [2.05, 4.69) is 4.90 Å². The molecule has 5 nitrogen and oxygen atoms in total. The Kier molecular flexibility index (Phi) is 4.58. The third-order valence-electron chi connectivity index (χ3n) is 5.86. The second-order valence-electron chi connectivity index (χ2n) is 7.55. The number of phenols is 1. The lowest BCUT2D eigenvalue weighted by Gasteiger charge is -2.47. The Morgan fingerprint density at radius 2 is 1.78 bits per heavy atom. The second kappa shape index (κ2) is 6.78. The maximum Gasteiger partial charge on any atom is 0.129 e. The largest absolute Gasteiger partial charge is 0.508 e. The van der Waals surface area contributed by atoms with Gasteiger partial charge in [-0.15, -0.1) is 0 Å². The average Bonchev–Trinajstić information content (AvgIpc) is 2.63. The molecule has 3 N–H and O–H groups in total. The summed E-state index contributed by atoms with van der Waals surface area (Å²) in [5, 5.41) is 31.5. The number of phenolic OH excluding ortho intramolecular Hbond substituents is 1. The Morgan fingerprint density at radius 1 is 1.11 bits per heavy atom. The first-order valence-electron chi connectivity index (χ1n) is 9.27. The molecule has 144 valence electrons. The van der Waals surface area contributed by atoms with Gasteiger partial charge in [-0.25, -0.2) is 4.39 Å². The Balaban J connectivity index is 1.51. The van der Waals surface area contributed by atoms with E-state index < -0.39 is 11.7 Å². The summed E-state index contributed by atoms with van der Waals surface area (Å²) < 4.78 is 19.1. The highest BCUT2D eigenvalue weighted by molar-refractivity contribution is 5.43. The highest BCUT2D eigenvalue weighted by Gasteiger charge is 2.43. The topological polar surface area (TPSA) is 73.2 Å². The van der Waals surface area contributed by atoms with Crippen molar-refractivity contribution in [3.63, 3.8) is 0 Å². The van der Waals surface area contributed by atoms with E-state index in [9.17, 15) is 19.7 Å². The lowest BCUT2D eigenvalue weighted by atomic mass is 9.82. The van der Waals surface area contributed by atoms with Crippen LogP contribution in [0.2, 0.25) is 0 Å². The molecular weight excluding hydrogens is 349 g/mol. The molecule has 2 aliphatic heterocycles. The van der Waals surface area contributed by atoms with E-state index in [1.54, 1.807) is 24.3 Å². The number of fused-ring (bicyclic) bond motifs is 1. The smallest absolute Gasteiger partial charge is 0.129 e. The maximum absolute atomic E-state index is 13.2. The molecular formula is C21H24FNO4. The summed E-state index contributed by atoms with van der Waals surface area (Å²) in [5.74, 6) is 0.292. The molecule has 0 saturated carbocycles. The number of hydrogen-bond donors (Lipinski definition) is 3. The molecule has 0 radical (unpaired) electrons. The third-order valence-corrected chi connectivity index (χ3v) is 5.86. The summed E-state index contributed by atoms with van der Waals surface area (Å²) in [7, 11) is 0. The fourth-order valence-electron chi connectivity index (χ4n) is 4.32. The zero-order valence-corrected chi connectivity index (χ0v) is 15.2. The van der Waals surface area contributed by atoms with Gasteiger partial charge in [-0.1, -0.05) is 12.1 Å². The van der Waals surface area contributed by atoms with Gasteiger partial charge in [0, 0.05) is 24.7 Å². The number of aliphatic hydroxyl groups is 2. The molecule has 1 fully saturated rings. The van der Waals surface area contributed by atoms with E-state index in [-0.39, 0.29) is 23.7 Å². The van der Waals surface area contributed by atoms with E-state index >= 15 is 0 Å². The van der Waals surface area contributed by atoms with Crippen LogP contribution >= 0.6 is 0 Å². The molecule has 2 aromatic carbocycles. The summed E-state index contributed by atoms with van der Waals surface area (Å²) >= 11 is 0. The summed E-state index contributed by atoms with van der Waals surface area (Å²) in [6.07, 6.45) is 0.00117. The molecule has 3 atom stereocenters. The lowest BCUT2D eigenvalue weighted by Crippen LogP contribution is -2.55. The number of ether oxygens (including phenoxy) is 1. The number of benzene rings is 2. The van der Waals surface area contributed by atoms with Crippen molar-refractivity contribution >= 4 is 0 Å². The van der Waals surface area contributed by atoms with Gasteiger partial charge >= 0.3 is 0 Å². The van der Waals surface area contributed by atoms with Crippen LogP contribution in [0.3, 0.4) is 0 Å². The maximum atomic E-state index is 13.2. The average molecular weight is 373 g/mol. The minimum Gasteiger partial charge on any atom is -0.508 e. The van der Waals surface area contributed by atoms with Crippen molar-refractivity contribution in [3.8, 4) is 11.5 Å². The van der Waals surface area contributed by atoms with Gasteiger partial charge in [-0.3, -0.25) is 4.90 Å². The predicted molar refractivity (Wildman–Crippen MR) is 98.0 cm³/mol. The molecule has 0 spiro atoms. The quantitative estimate of drug-likeness (QED) is 0.755. The number of hydrogen-bond acceptors (Lipinski definition) is 5. The van der Waals surface area contributed by atoms with Gasteiger partial charge in [0.05, 0.1) is 11.6 Å². The molecule has 27 heavy (non-hydrogen) atoms. The summed E-state index contributed by atoms with van der Waals surface area (Å²) in [5.41, 5.74) is 0.394. The van der Waals surface area contributed by atoms with Crippen LogP contribution in [0.5, 0.6) is 11.5 Å². The fourth-order valence-corrected chi connectivity index (χ4v) is 4.32. The Hall–Kier alpha value is -2.15. The number of rotatable bonds is 2. The first-order chi connectivity index (χ1) is 12.9. The van der Waals surface area contributed by atoms with Crippen molar-refractivity contribution in [3.05, 3.63) is 59.4 Å². The second-order valence-corrected chi connectivity index (χ2v) is 7.55. The number of aromatic hydroxyl groups is 1. The van der Waals surface area contributed by atoms with E-state index in [0.717, 1.165) is 5.56 Å². The standard InChI is InChI=1S/C21H24FNO4/c1-13-19(20(25)17-7-6-16(24)12-18(17)27-13)23-10-8-21(26,9-11-23)14-2-4-15(22)5-3-14/h2-7,12-13,19-20,24-26H,8-11H2,1H3/t13?,19-,20-/m0/s1. The summed E-state index contributed by atoms with van der Waals surface area (Å²) in [4.78, 5) is 2.14. The van der Waals surface area contributed by atoms with Crippen LogP contribution in [0, 0.1) is 5.82 Å². The van der Waals surface area contributed by atoms with Crippen LogP contribution < -0.4 is 4.74 Å². The molecule has 2 heterocycles. The molecule has 0 amide bonds. The zero-order valence-electron chi connectivity index (χ0n) is 15.2. The molecule has 0 bridgehead atoms. The Bertz CT molecular complexity index is 817. The SMILES string of the molecule is CC1Oc2cc(O)ccc2[C@H](O)[C@H]1N1CCC(O)(c2ccc(F)cc2)CC1. The van der Waals surface area contributed by atoms with Gasteiger partial charge in [0.1, 0.15) is 29.5 Å². The Morgan fingerprint density at radius 3 is 2.44 bits per heavy atom. The van der Waals surface area contributed by atoms with Gasteiger partial charge in [0.2, 0.25) is 0 Å². The number of likely N-dealkylation sites (tertiary alicyclic amines) is 1. The first kappa shape index (κ1) is 18.2. The van der Waals surface area contributed by atoms with E-state index in [1.807, 2.05) is 6.92 Å². The van der Waals surface area contributed by atoms with Crippen molar-refractivity contribution in [2.24, 2.45) is 0 Å². The highest BCUT2D eigenvalue weighted by atomic mass is 19.1. The monoisotopic (exact) mass is 373 g/mol. The van der Waals surface area contributed by atoms with Gasteiger partial charge in [-0.2, -0.15) is 0 Å². The molecule has 1 saturated heterocycles. The van der Waals surface area contributed by atoms with Crippen LogP contribution in [0.1, 0.15) is 37.0 Å². The van der Waals surface area contributed by atoms with E-state index in [1.165, 1.54) is 18.2 Å². The minimum atomic E-state index is -0.988. The number of piperidine rings is 1. The number of aliphatic hydroxyl groups excluding tert-OH is 1. The van der Waals surface area contributed by atoms with Gasteiger partial charge in [0.25, 0.3) is 0 Å². The molecule has 4 rings (SSSR count). The molecule has 6 heteroatoms. The summed E-state index contributed by atoms with van der Waals surface area (Å²) in [6, 6.07) is 10.5. The van der Waals surface area contributed by atoms with Crippen LogP contribution in [0.15, 0.2) is 42.5 Å². The lowest BCUT2D eigenvalue weighted by molar-refractivity contribution is -0.0825. The van der Waals surface area contributed by atoms with Gasteiger partial charge in [-0.05, 0) is 49.6 Å². The van der Waals surface area contributed by atoms with Gasteiger partial charge in [0.15, 0.2) is 0 Å². The van der Waals surface area contributed by atoms with Gasteiger partial charge < -0.3 is 20.1 Å². The molecule has 2 aromatic rings. The van der Waals surface area contributed by atoms with Crippen LogP contribution in [-0.4, -0.2) is 45.5 Å². The predicted octanol–water partition coefficient (Wildman–Crippen LogP) is 2.70. The number of halogens is 1. The van der Waals surface area contributed by atoms with Crippen LogP contribution in [-0.2, 0) is 5.60 Å². The molecule has 0 aliphatic carbocycles. The number of nitrogens with zero attached hydrogens (tertiary/aromatic N) is 1. The van der Waals surface area contributed by atoms with Crippen molar-refractivity contribution in [2.75, 3.05) is 13.1 Å². The molecule has 0 aromatic heterocycles. The highest BCUT2D eigenvalue weighted by Crippen LogP contribution is 2.41. The molecule has 1 unspecified atom stereocenters. The van der Waals surface area contributed by atoms with Crippen molar-refractivity contribution < 1.29 is 24.4 Å². The van der Waals surface area contributed by atoms with Crippen LogP contribution in [0.4, 0.5) is 4.39 Å². The van der Waals surface area contributed by atoms with E-state index in [4.69, 9.17) is 4.74 Å². The Labute approximate surface area is 157 Å². The van der Waals surface area contributed by atoms with Crippen LogP contribution in [0.25, 0.3) is 0 Å². The minimum absolute atomic E-state index is 0.105. The normalized spacial score (nSPS) is 27.6. The first-order valence-corrected chi connectivity index (χ1v) is 9.27. The third kappa shape index (κ3) is 3.29. The summed E-state index contributed by atoms with van der Waals surface area (Å²) in [6.45, 7) is 3.09. The zero-order chi connectivity index (χ0) is 19.2. The fraction of sp³-hybridized carbons (Fsp3) is 0.429. The van der Waals surface area contributed by atoms with Crippen molar-refractivity contribution in [2.45, 2.75) is 43.6 Å². The van der Waals surface area contributed by atoms with Crippen molar-refractivity contribution in [1.29, 1.82) is 0 Å².